The molecular formula is C19H19N3O2. The van der Waals surface area contributed by atoms with E-state index in [9.17, 15) is 4.79 Å². The average Bonchev–Trinajstić information content (AvgIpc) is 2.61. The topological polar surface area (TPSA) is 58.2 Å². The van der Waals surface area contributed by atoms with E-state index in [0.717, 1.165) is 40.9 Å². The molecule has 1 aliphatic heterocycles. The Labute approximate surface area is 139 Å². The van der Waals surface area contributed by atoms with E-state index in [4.69, 9.17) is 4.74 Å². The highest BCUT2D eigenvalue weighted by molar-refractivity contribution is 5.93. The molecule has 0 atom stereocenters. The molecule has 24 heavy (non-hydrogen) atoms. The Morgan fingerprint density at radius 1 is 1.08 bits per heavy atom. The minimum atomic E-state index is -0.313. The van der Waals surface area contributed by atoms with Crippen molar-refractivity contribution in [3.8, 4) is 11.1 Å². The fraction of sp³-hybridized carbons (Fsp3) is 0.263. The molecule has 2 aromatic carbocycles. The lowest BCUT2D eigenvalue weighted by molar-refractivity contribution is 0.122. The van der Waals surface area contributed by atoms with E-state index < -0.39 is 0 Å². The zero-order valence-electron chi connectivity index (χ0n) is 13.6. The van der Waals surface area contributed by atoms with Crippen LogP contribution in [0.25, 0.3) is 22.0 Å². The number of nitrogens with zero attached hydrogens (tertiary/aromatic N) is 2. The molecule has 0 spiro atoms. The summed E-state index contributed by atoms with van der Waals surface area (Å²) in [6.45, 7) is 4.91. The van der Waals surface area contributed by atoms with Gasteiger partial charge in [0, 0.05) is 18.5 Å². The number of hydrogen-bond donors (Lipinski definition) is 1. The summed E-state index contributed by atoms with van der Waals surface area (Å²) in [5, 5.41) is 0.968. The van der Waals surface area contributed by atoms with Gasteiger partial charge in [-0.25, -0.2) is 4.79 Å². The van der Waals surface area contributed by atoms with E-state index in [2.05, 4.69) is 52.1 Å². The third-order valence-electron chi connectivity index (χ3n) is 4.37. The van der Waals surface area contributed by atoms with E-state index in [-0.39, 0.29) is 5.69 Å². The number of ether oxygens (including phenoxy) is 1. The van der Waals surface area contributed by atoms with Crippen LogP contribution in [-0.4, -0.2) is 36.3 Å². The van der Waals surface area contributed by atoms with Crippen molar-refractivity contribution in [2.75, 3.05) is 31.2 Å². The van der Waals surface area contributed by atoms with Crippen LogP contribution in [0.2, 0.25) is 0 Å². The van der Waals surface area contributed by atoms with Crippen LogP contribution >= 0.6 is 0 Å². The molecule has 122 valence electrons. The lowest BCUT2D eigenvalue weighted by atomic mass is 10.0. The van der Waals surface area contributed by atoms with Gasteiger partial charge >= 0.3 is 5.69 Å². The zero-order valence-corrected chi connectivity index (χ0v) is 13.6. The molecule has 0 radical (unpaired) electrons. The van der Waals surface area contributed by atoms with Crippen LogP contribution in [0.3, 0.4) is 0 Å². The van der Waals surface area contributed by atoms with E-state index in [1.165, 1.54) is 5.56 Å². The quantitative estimate of drug-likeness (QED) is 0.788. The minimum absolute atomic E-state index is 0.313. The first-order chi connectivity index (χ1) is 11.7. The van der Waals surface area contributed by atoms with Crippen molar-refractivity contribution in [1.29, 1.82) is 0 Å². The summed E-state index contributed by atoms with van der Waals surface area (Å²) in [6.07, 6.45) is 0. The summed E-state index contributed by atoms with van der Waals surface area (Å²) >= 11 is 0. The summed E-state index contributed by atoms with van der Waals surface area (Å²) in [7, 11) is 0. The Kier molecular flexibility index (Phi) is 3.78. The number of aromatic nitrogens is 2. The van der Waals surface area contributed by atoms with Crippen molar-refractivity contribution in [3.63, 3.8) is 0 Å². The number of aryl methyl sites for hydroxylation is 1. The van der Waals surface area contributed by atoms with Gasteiger partial charge in [0.25, 0.3) is 0 Å². The van der Waals surface area contributed by atoms with Gasteiger partial charge in [-0.1, -0.05) is 35.9 Å². The van der Waals surface area contributed by atoms with E-state index >= 15 is 0 Å². The molecule has 0 aliphatic carbocycles. The van der Waals surface area contributed by atoms with Gasteiger partial charge in [-0.05, 0) is 30.2 Å². The lowest BCUT2D eigenvalue weighted by Crippen LogP contribution is -2.37. The number of morpholine rings is 1. The van der Waals surface area contributed by atoms with Crippen LogP contribution in [0.5, 0.6) is 0 Å². The average molecular weight is 321 g/mol. The number of H-pyrrole nitrogens is 1. The second-order valence-corrected chi connectivity index (χ2v) is 6.09. The fourth-order valence-electron chi connectivity index (χ4n) is 3.16. The monoisotopic (exact) mass is 321 g/mol. The van der Waals surface area contributed by atoms with Gasteiger partial charge in [-0.3, -0.25) is 0 Å². The van der Waals surface area contributed by atoms with E-state index in [1.807, 2.05) is 12.1 Å². The zero-order chi connectivity index (χ0) is 16.5. The summed E-state index contributed by atoms with van der Waals surface area (Å²) in [4.78, 5) is 21.1. The molecule has 5 heteroatoms. The number of anilines is 1. The van der Waals surface area contributed by atoms with Crippen molar-refractivity contribution in [1.82, 2.24) is 9.97 Å². The largest absolute Gasteiger partial charge is 0.378 e. The molecule has 1 saturated heterocycles. The van der Waals surface area contributed by atoms with Crippen molar-refractivity contribution >= 4 is 16.7 Å². The van der Waals surface area contributed by atoms with Crippen LogP contribution in [-0.2, 0) is 4.74 Å². The van der Waals surface area contributed by atoms with Crippen LogP contribution in [0.15, 0.2) is 47.3 Å². The Hall–Kier alpha value is -2.66. The second kappa shape index (κ2) is 6.09. The first-order valence-corrected chi connectivity index (χ1v) is 8.14. The molecule has 1 aliphatic rings. The molecule has 0 unspecified atom stereocenters. The molecule has 0 amide bonds. The van der Waals surface area contributed by atoms with Crippen molar-refractivity contribution < 1.29 is 4.74 Å². The van der Waals surface area contributed by atoms with Gasteiger partial charge in [-0.15, -0.1) is 0 Å². The molecule has 1 N–H and O–H groups in total. The van der Waals surface area contributed by atoms with Crippen LogP contribution in [0, 0.1) is 6.92 Å². The molecule has 1 aromatic heterocycles. The molecular weight excluding hydrogens is 302 g/mol. The maximum Gasteiger partial charge on any atom is 0.347 e. The number of rotatable bonds is 2. The van der Waals surface area contributed by atoms with Crippen LogP contribution in [0.1, 0.15) is 5.56 Å². The van der Waals surface area contributed by atoms with E-state index in [1.54, 1.807) is 0 Å². The highest BCUT2D eigenvalue weighted by Gasteiger charge is 2.17. The van der Waals surface area contributed by atoms with Gasteiger partial charge in [0.05, 0.1) is 18.7 Å². The number of fused-ring (bicyclic) bond motifs is 1. The summed E-state index contributed by atoms with van der Waals surface area (Å²) in [5.74, 6) is 0.742. The molecule has 0 bridgehead atoms. The van der Waals surface area contributed by atoms with Crippen molar-refractivity contribution in [2.24, 2.45) is 0 Å². The number of aromatic amines is 1. The summed E-state index contributed by atoms with van der Waals surface area (Å²) < 4.78 is 5.41. The Balaban J connectivity index is 1.88. The van der Waals surface area contributed by atoms with Crippen LogP contribution in [0.4, 0.5) is 5.82 Å². The third kappa shape index (κ3) is 2.78. The van der Waals surface area contributed by atoms with Gasteiger partial charge in [0.15, 0.2) is 0 Å². The lowest BCUT2D eigenvalue weighted by Gasteiger charge is -2.28. The van der Waals surface area contributed by atoms with Gasteiger partial charge in [0.1, 0.15) is 5.82 Å². The Bertz CT molecular complexity index is 943. The van der Waals surface area contributed by atoms with Gasteiger partial charge in [-0.2, -0.15) is 4.98 Å². The van der Waals surface area contributed by atoms with Gasteiger partial charge < -0.3 is 14.6 Å². The van der Waals surface area contributed by atoms with Crippen molar-refractivity contribution in [3.05, 3.63) is 58.5 Å². The maximum atomic E-state index is 11.9. The first kappa shape index (κ1) is 14.9. The SMILES string of the molecule is Cc1cccc(-c2ccc3[nH]c(=O)nc(N4CCOCC4)c3c2)c1. The number of hydrogen-bond acceptors (Lipinski definition) is 4. The second-order valence-electron chi connectivity index (χ2n) is 6.09. The molecule has 3 aromatic rings. The van der Waals surface area contributed by atoms with E-state index in [0.29, 0.717) is 13.2 Å². The normalized spacial score (nSPS) is 15.0. The predicted molar refractivity (Wildman–Crippen MR) is 95.6 cm³/mol. The maximum absolute atomic E-state index is 11.9. The molecule has 4 rings (SSSR count). The standard InChI is InChI=1S/C19H19N3O2/c1-13-3-2-4-14(11-13)15-5-6-17-16(12-15)18(21-19(23)20-17)22-7-9-24-10-8-22/h2-6,11-12H,7-10H2,1H3,(H,20,21,23). The number of benzene rings is 2. The highest BCUT2D eigenvalue weighted by atomic mass is 16.5. The molecule has 1 fully saturated rings. The van der Waals surface area contributed by atoms with Crippen molar-refractivity contribution in [2.45, 2.75) is 6.92 Å². The van der Waals surface area contributed by atoms with Gasteiger partial charge in [0.2, 0.25) is 0 Å². The predicted octanol–water partition coefficient (Wildman–Crippen LogP) is 2.74. The Morgan fingerprint density at radius 3 is 2.67 bits per heavy atom. The van der Waals surface area contributed by atoms with Crippen LogP contribution < -0.4 is 10.6 Å². The molecule has 2 heterocycles. The number of nitrogens with one attached hydrogen (secondary N) is 1. The highest BCUT2D eigenvalue weighted by Crippen LogP contribution is 2.28. The Morgan fingerprint density at radius 2 is 1.88 bits per heavy atom. The molecule has 5 nitrogen and oxygen atoms in total. The summed E-state index contributed by atoms with van der Waals surface area (Å²) in [5.41, 5.74) is 4.01. The fourth-order valence-corrected chi connectivity index (χ4v) is 3.16. The smallest absolute Gasteiger partial charge is 0.347 e. The third-order valence-corrected chi connectivity index (χ3v) is 4.37. The first-order valence-electron chi connectivity index (χ1n) is 8.14. The molecule has 0 saturated carbocycles. The minimum Gasteiger partial charge on any atom is -0.378 e. The summed E-state index contributed by atoms with van der Waals surface area (Å²) in [6, 6.07) is 14.5.